The van der Waals surface area contributed by atoms with E-state index in [0.29, 0.717) is 0 Å². The van der Waals surface area contributed by atoms with Gasteiger partial charge in [-0.05, 0) is 13.3 Å². The zero-order chi connectivity index (χ0) is 7.41. The molecule has 0 saturated carbocycles. The quantitative estimate of drug-likeness (QED) is 0.254. The molecule has 0 aliphatic carbocycles. The molecule has 0 aliphatic rings. The van der Waals surface area contributed by atoms with Crippen LogP contribution in [0.25, 0.3) is 0 Å². The summed E-state index contributed by atoms with van der Waals surface area (Å²) < 4.78 is 5.56. The molecule has 0 nitrogen and oxygen atoms in total. The van der Waals surface area contributed by atoms with Crippen LogP contribution in [0.4, 0.5) is 0 Å². The Labute approximate surface area is 173 Å². The van der Waals surface area contributed by atoms with E-state index in [1.165, 1.54) is 0 Å². The summed E-state index contributed by atoms with van der Waals surface area (Å²) in [5.41, 5.74) is 0. The van der Waals surface area contributed by atoms with E-state index in [-0.39, 0.29) is 95.9 Å². The molecule has 0 spiro atoms. The van der Waals surface area contributed by atoms with Crippen LogP contribution < -0.4 is 51.4 Å². The second kappa shape index (κ2) is 114. The van der Waals surface area contributed by atoms with Gasteiger partial charge in [-0.3, -0.25) is 0 Å². The molecule has 0 aromatic rings. The largest absolute Gasteiger partial charge is 1.00 e. The second-order valence-electron chi connectivity index (χ2n) is 0.378. The summed E-state index contributed by atoms with van der Waals surface area (Å²) in [4.78, 5) is 0. The topological polar surface area (TPSA) is 0 Å². The molecule has 96 valence electrons. The average Bonchev–Trinajstić information content (AvgIpc) is 1.75. The maximum absolute atomic E-state index is 5.56. The molecular formula is C8H34I2KP3. The van der Waals surface area contributed by atoms with Crippen molar-refractivity contribution < 1.29 is 51.4 Å². The summed E-state index contributed by atoms with van der Waals surface area (Å²) in [5, 5.41) is 0. The van der Waals surface area contributed by atoms with Gasteiger partial charge < -0.3 is 9.84 Å². The van der Waals surface area contributed by atoms with Crippen molar-refractivity contribution in [2.24, 2.45) is 0 Å². The minimum absolute atomic E-state index is 0. The molecule has 2 unspecified atom stereocenters. The van der Waals surface area contributed by atoms with Crippen LogP contribution in [-0.4, -0.2) is 14.6 Å². The molecule has 0 rings (SSSR count). The van der Waals surface area contributed by atoms with Crippen LogP contribution >= 0.6 is 66.4 Å². The molecule has 0 saturated heterocycles. The van der Waals surface area contributed by atoms with Crippen LogP contribution in [0.1, 0.15) is 44.6 Å². The number of halogens is 2. The third kappa shape index (κ3) is 202. The van der Waals surface area contributed by atoms with Crippen molar-refractivity contribution in [1.29, 1.82) is 1.28 Å². The molecule has 0 amide bonds. The molecule has 14 heavy (non-hydrogen) atoms. The van der Waals surface area contributed by atoms with E-state index >= 15 is 0 Å². The number of rotatable bonds is 0. The van der Waals surface area contributed by atoms with Gasteiger partial charge in [0.25, 0.3) is 0 Å². The zero-order valence-corrected chi connectivity index (χ0v) is 15.7. The average molecular weight is 517 g/mol. The monoisotopic (exact) mass is 517 g/mol. The number of hydrogen-bond donors (Lipinski definition) is 0. The molecule has 0 aliphatic heterocycles. The van der Waals surface area contributed by atoms with E-state index in [1.807, 2.05) is 0 Å². The van der Waals surface area contributed by atoms with Crippen molar-refractivity contribution in [2.75, 3.05) is 13.3 Å². The minimum Gasteiger partial charge on any atom is -0.577 e. The Morgan fingerprint density at radius 3 is 0.786 bits per heavy atom. The molecule has 0 N–H and O–H groups in total. The third-order valence-electron chi connectivity index (χ3n) is 0. The van der Waals surface area contributed by atoms with Crippen LogP contribution in [0, 0.1) is 0 Å². The SMILES string of the molecule is C.C.C.C.C.C.CPI.CPI.[2H][PH-].[K+]. The predicted octanol–water partition coefficient (Wildman–Crippen LogP) is 4.44. The van der Waals surface area contributed by atoms with Crippen molar-refractivity contribution in [3.63, 3.8) is 0 Å². The van der Waals surface area contributed by atoms with Crippen molar-refractivity contribution in [3.05, 3.63) is 0 Å². The van der Waals surface area contributed by atoms with Gasteiger partial charge in [-0.25, -0.2) is 1.28 Å². The van der Waals surface area contributed by atoms with E-state index < -0.39 is 0 Å². The van der Waals surface area contributed by atoms with Gasteiger partial charge in [-0.1, -0.05) is 101 Å². The fourth-order valence-corrected chi connectivity index (χ4v) is 0. The fourth-order valence-electron chi connectivity index (χ4n) is 0. The van der Waals surface area contributed by atoms with Gasteiger partial charge in [0.05, 0.1) is 0 Å². The number of hydrogen-bond acceptors (Lipinski definition) is 0. The van der Waals surface area contributed by atoms with E-state index in [2.05, 4.69) is 67.3 Å². The van der Waals surface area contributed by atoms with Crippen LogP contribution in [0.15, 0.2) is 0 Å². The Hall–Kier alpha value is 4.39. The van der Waals surface area contributed by atoms with E-state index in [0.717, 1.165) is 12.4 Å². The fraction of sp³-hybridized carbons (Fsp3) is 1.00. The normalized spacial score (nSPS) is 4.79. The van der Waals surface area contributed by atoms with Gasteiger partial charge in [-0.2, -0.15) is 0 Å². The smallest absolute Gasteiger partial charge is 0.577 e. The third-order valence-corrected chi connectivity index (χ3v) is 0. The van der Waals surface area contributed by atoms with Crippen LogP contribution in [-0.2, 0) is 0 Å². The van der Waals surface area contributed by atoms with Gasteiger partial charge >= 0.3 is 51.4 Å². The molecule has 0 aromatic heterocycles. The van der Waals surface area contributed by atoms with E-state index in [4.69, 9.17) is 1.28 Å². The summed E-state index contributed by atoms with van der Waals surface area (Å²) in [6, 6.07) is 0. The molecule has 0 radical (unpaired) electrons. The summed E-state index contributed by atoms with van der Waals surface area (Å²) in [6.45, 7) is 4.28. The standard InChI is InChI=1S/2CH4IP.6CH4.K.H2P/c2*1-3-2;;;;;;;;/h2*3H,1H3;6*1H4;;1H2/q;;;;;;;;+1;-1/i;;;;;;;;;1D. The Morgan fingerprint density at radius 1 is 0.786 bits per heavy atom. The van der Waals surface area contributed by atoms with Gasteiger partial charge in [0, 0.05) is 0 Å². The molecule has 0 aromatic carbocycles. The molecular weight excluding hydrogens is 482 g/mol. The predicted molar refractivity (Wildman–Crippen MR) is 107 cm³/mol. The zero-order valence-electron chi connectivity index (χ0n) is 6.26. The van der Waals surface area contributed by atoms with Crippen LogP contribution in [0.2, 0.25) is 0 Å². The van der Waals surface area contributed by atoms with Crippen LogP contribution in [0.5, 0.6) is 0 Å². The Kier molecular flexibility index (Phi) is 516. The van der Waals surface area contributed by atoms with Gasteiger partial charge in [-0.15, -0.1) is 0 Å². The summed E-state index contributed by atoms with van der Waals surface area (Å²) in [5.74, 6) is 0. The summed E-state index contributed by atoms with van der Waals surface area (Å²) >= 11 is 4.63. The van der Waals surface area contributed by atoms with Crippen molar-refractivity contribution in [1.82, 2.24) is 0 Å². The van der Waals surface area contributed by atoms with E-state index in [1.54, 1.807) is 0 Å². The van der Waals surface area contributed by atoms with E-state index in [9.17, 15) is 0 Å². The molecule has 0 heterocycles. The first-order valence-electron chi connectivity index (χ1n) is 1.88. The first-order valence-corrected chi connectivity index (χ1v) is 10.6. The van der Waals surface area contributed by atoms with Gasteiger partial charge in [0.2, 0.25) is 0 Å². The van der Waals surface area contributed by atoms with Gasteiger partial charge in [0.15, 0.2) is 0 Å². The first-order chi connectivity index (χ1) is 3.83. The molecule has 0 bridgehead atoms. The van der Waals surface area contributed by atoms with Crippen molar-refractivity contribution >= 4 is 66.4 Å². The minimum atomic E-state index is 0. The molecule has 0 fully saturated rings. The summed E-state index contributed by atoms with van der Waals surface area (Å²) in [7, 11) is 2.22. The molecule has 6 heteroatoms. The Morgan fingerprint density at radius 2 is 0.786 bits per heavy atom. The Bertz CT molecular complexity index is 29.8. The summed E-state index contributed by atoms with van der Waals surface area (Å²) in [6.07, 6.45) is 2.11. The second-order valence-corrected chi connectivity index (χ2v) is 7.61. The van der Waals surface area contributed by atoms with Crippen LogP contribution in [0.3, 0.4) is 0 Å². The van der Waals surface area contributed by atoms with Crippen molar-refractivity contribution in [3.8, 4) is 0 Å². The first kappa shape index (κ1) is 63.1. The maximum Gasteiger partial charge on any atom is 1.00 e. The van der Waals surface area contributed by atoms with Crippen molar-refractivity contribution in [2.45, 2.75) is 44.6 Å². The molecule has 2 atom stereocenters. The van der Waals surface area contributed by atoms with Gasteiger partial charge in [0.1, 0.15) is 0 Å². The Balaban J connectivity index is -0.00000000256. The maximum atomic E-state index is 5.56.